The Kier molecular flexibility index (Phi) is 12.1. The number of carbonyl (C=O) groups is 3. The number of amides is 3. The highest BCUT2D eigenvalue weighted by Crippen LogP contribution is 2.10. The lowest BCUT2D eigenvalue weighted by Crippen LogP contribution is -2.56. The predicted octanol–water partition coefficient (Wildman–Crippen LogP) is 2.02. The molecule has 0 radical (unpaired) electrons. The summed E-state index contributed by atoms with van der Waals surface area (Å²) in [6, 6.07) is 12.6. The van der Waals surface area contributed by atoms with Crippen LogP contribution in [0.1, 0.15) is 55.1 Å². The van der Waals surface area contributed by atoms with E-state index in [-0.39, 0.29) is 18.5 Å². The highest BCUT2D eigenvalue weighted by molar-refractivity contribution is 5.97. The van der Waals surface area contributed by atoms with Crippen LogP contribution < -0.4 is 26.7 Å². The largest absolute Gasteiger partial charge is 0.339 e. The number of rotatable bonds is 12. The minimum absolute atomic E-state index is 0.0959. The van der Waals surface area contributed by atoms with Gasteiger partial charge in [-0.3, -0.25) is 19.6 Å². The molecule has 9 nitrogen and oxygen atoms in total. The molecule has 2 aromatic carbocycles. The number of hydrogen-bond donors (Lipinski definition) is 6. The van der Waals surface area contributed by atoms with Gasteiger partial charge in [-0.05, 0) is 81.4 Å². The van der Waals surface area contributed by atoms with E-state index < -0.39 is 17.9 Å². The molecule has 2 unspecified atom stereocenters. The van der Waals surface area contributed by atoms with Crippen LogP contribution in [-0.4, -0.2) is 54.6 Å². The minimum Gasteiger partial charge on any atom is -0.339 e. The quantitative estimate of drug-likeness (QED) is 0.116. The summed E-state index contributed by atoms with van der Waals surface area (Å²) in [6.07, 6.45) is 1.84. The lowest BCUT2D eigenvalue weighted by Gasteiger charge is -2.24. The van der Waals surface area contributed by atoms with Crippen LogP contribution in [-0.2, 0) is 9.59 Å². The van der Waals surface area contributed by atoms with Gasteiger partial charge >= 0.3 is 0 Å². The van der Waals surface area contributed by atoms with E-state index in [1.165, 1.54) is 0 Å². The standard InChI is InChI=1S/C27H35N5O4/c1-4-16-28-18-24(33)30-23-14-10-21(11-15-23)7-6-20-8-12-22(13-9-20)26(34)31-25(27(35)32-36)19(3)29-17-5-2/h8-15,19,25,28-29,36H,4-5,16-18H2,1-3H3,(H,30,33)(H,31,34)(H,32,35). The number of benzene rings is 2. The second kappa shape index (κ2) is 15.3. The minimum atomic E-state index is -0.936. The lowest BCUT2D eigenvalue weighted by atomic mass is 10.1. The summed E-state index contributed by atoms with van der Waals surface area (Å²) in [6.45, 7) is 7.54. The SMILES string of the molecule is CCCNCC(=O)Nc1ccc(C#Cc2ccc(C(=O)NC(C(=O)NO)C(C)NCCC)cc2)cc1. The molecule has 192 valence electrons. The first-order valence-electron chi connectivity index (χ1n) is 12.1. The van der Waals surface area contributed by atoms with Crippen molar-refractivity contribution in [2.24, 2.45) is 0 Å². The smallest absolute Gasteiger partial charge is 0.267 e. The molecule has 2 aromatic rings. The van der Waals surface area contributed by atoms with E-state index in [0.717, 1.165) is 24.9 Å². The van der Waals surface area contributed by atoms with Gasteiger partial charge in [-0.2, -0.15) is 0 Å². The van der Waals surface area contributed by atoms with Crippen molar-refractivity contribution in [1.29, 1.82) is 0 Å². The molecule has 2 atom stereocenters. The second-order valence-electron chi connectivity index (χ2n) is 8.30. The van der Waals surface area contributed by atoms with Crippen LogP contribution in [0.15, 0.2) is 48.5 Å². The Morgan fingerprint density at radius 1 is 0.889 bits per heavy atom. The van der Waals surface area contributed by atoms with E-state index in [1.54, 1.807) is 48.8 Å². The predicted molar refractivity (Wildman–Crippen MR) is 140 cm³/mol. The molecule has 9 heteroatoms. The number of anilines is 1. The van der Waals surface area contributed by atoms with Crippen molar-refractivity contribution in [2.45, 2.75) is 45.7 Å². The number of hydroxylamine groups is 1. The Balaban J connectivity index is 1.97. The third-order valence-corrected chi connectivity index (χ3v) is 5.27. The summed E-state index contributed by atoms with van der Waals surface area (Å²) in [4.78, 5) is 36.6. The molecular weight excluding hydrogens is 458 g/mol. The first-order valence-corrected chi connectivity index (χ1v) is 12.1. The van der Waals surface area contributed by atoms with Crippen molar-refractivity contribution in [3.8, 4) is 11.8 Å². The van der Waals surface area contributed by atoms with E-state index in [0.29, 0.717) is 23.4 Å². The maximum atomic E-state index is 12.7. The average molecular weight is 494 g/mol. The van der Waals surface area contributed by atoms with Crippen LogP contribution in [0.5, 0.6) is 0 Å². The highest BCUT2D eigenvalue weighted by atomic mass is 16.5. The molecule has 0 heterocycles. The summed E-state index contributed by atoms with van der Waals surface area (Å²) in [5.74, 6) is 4.88. The Morgan fingerprint density at radius 2 is 1.47 bits per heavy atom. The number of carbonyl (C=O) groups excluding carboxylic acids is 3. The monoisotopic (exact) mass is 493 g/mol. The zero-order chi connectivity index (χ0) is 26.3. The van der Waals surface area contributed by atoms with Gasteiger partial charge in [0.05, 0.1) is 6.54 Å². The first-order chi connectivity index (χ1) is 17.4. The van der Waals surface area contributed by atoms with E-state index in [2.05, 4.69) is 33.1 Å². The highest BCUT2D eigenvalue weighted by Gasteiger charge is 2.26. The third-order valence-electron chi connectivity index (χ3n) is 5.27. The van der Waals surface area contributed by atoms with E-state index in [4.69, 9.17) is 5.21 Å². The molecule has 0 saturated heterocycles. The lowest BCUT2D eigenvalue weighted by molar-refractivity contribution is -0.131. The number of nitrogens with one attached hydrogen (secondary N) is 5. The molecule has 0 bridgehead atoms. The van der Waals surface area contributed by atoms with Crippen LogP contribution >= 0.6 is 0 Å². The van der Waals surface area contributed by atoms with Gasteiger partial charge in [-0.15, -0.1) is 0 Å². The van der Waals surface area contributed by atoms with E-state index in [9.17, 15) is 14.4 Å². The maximum Gasteiger partial charge on any atom is 0.267 e. The molecule has 6 N–H and O–H groups in total. The second-order valence-corrected chi connectivity index (χ2v) is 8.30. The van der Waals surface area contributed by atoms with Crippen LogP contribution in [0, 0.1) is 11.8 Å². The third kappa shape index (κ3) is 9.50. The van der Waals surface area contributed by atoms with Crippen LogP contribution in [0.25, 0.3) is 0 Å². The van der Waals surface area contributed by atoms with Gasteiger partial charge < -0.3 is 21.3 Å². The van der Waals surface area contributed by atoms with Crippen molar-refractivity contribution >= 4 is 23.4 Å². The van der Waals surface area contributed by atoms with Crippen molar-refractivity contribution in [1.82, 2.24) is 21.4 Å². The average Bonchev–Trinajstić information content (AvgIpc) is 2.89. The summed E-state index contributed by atoms with van der Waals surface area (Å²) in [7, 11) is 0. The molecule has 2 rings (SSSR count). The van der Waals surface area contributed by atoms with Crippen LogP contribution in [0.3, 0.4) is 0 Å². The zero-order valence-electron chi connectivity index (χ0n) is 21.0. The molecule has 0 saturated carbocycles. The molecule has 0 aliphatic rings. The first kappa shape index (κ1) is 28.5. The summed E-state index contributed by atoms with van der Waals surface area (Å²) in [5, 5.41) is 20.7. The summed E-state index contributed by atoms with van der Waals surface area (Å²) < 4.78 is 0. The van der Waals surface area contributed by atoms with E-state index in [1.807, 2.05) is 26.0 Å². The molecule has 0 aliphatic carbocycles. The Hall–Kier alpha value is -3.71. The van der Waals surface area contributed by atoms with Crippen molar-refractivity contribution in [3.63, 3.8) is 0 Å². The van der Waals surface area contributed by atoms with Crippen molar-refractivity contribution in [2.75, 3.05) is 25.0 Å². The maximum absolute atomic E-state index is 12.7. The summed E-state index contributed by atoms with van der Waals surface area (Å²) in [5.41, 5.74) is 4.18. The normalized spacial score (nSPS) is 12.0. The zero-order valence-corrected chi connectivity index (χ0v) is 21.0. The van der Waals surface area contributed by atoms with Crippen LogP contribution in [0.2, 0.25) is 0 Å². The van der Waals surface area contributed by atoms with Gasteiger partial charge in [0.2, 0.25) is 5.91 Å². The van der Waals surface area contributed by atoms with Crippen LogP contribution in [0.4, 0.5) is 5.69 Å². The van der Waals surface area contributed by atoms with Gasteiger partial charge in [-0.1, -0.05) is 25.7 Å². The molecule has 0 aliphatic heterocycles. The molecular formula is C27H35N5O4. The molecule has 0 spiro atoms. The van der Waals surface area contributed by atoms with Gasteiger partial charge in [0, 0.05) is 28.4 Å². The Morgan fingerprint density at radius 3 is 2.03 bits per heavy atom. The Bertz CT molecular complexity index is 1060. The van der Waals surface area contributed by atoms with Gasteiger partial charge in [0.15, 0.2) is 0 Å². The fourth-order valence-electron chi connectivity index (χ4n) is 3.27. The fourth-order valence-corrected chi connectivity index (χ4v) is 3.27. The number of hydrogen-bond acceptors (Lipinski definition) is 6. The fraction of sp³-hybridized carbons (Fsp3) is 0.370. The van der Waals surface area contributed by atoms with Gasteiger partial charge in [0.25, 0.3) is 11.8 Å². The molecule has 36 heavy (non-hydrogen) atoms. The van der Waals surface area contributed by atoms with E-state index >= 15 is 0 Å². The van der Waals surface area contributed by atoms with Crippen molar-refractivity contribution < 1.29 is 19.6 Å². The molecule has 3 amide bonds. The Labute approximate surface area is 212 Å². The molecule has 0 aromatic heterocycles. The van der Waals surface area contributed by atoms with Gasteiger partial charge in [0.1, 0.15) is 6.04 Å². The summed E-state index contributed by atoms with van der Waals surface area (Å²) >= 11 is 0. The molecule has 0 fully saturated rings. The van der Waals surface area contributed by atoms with Gasteiger partial charge in [-0.25, -0.2) is 5.48 Å². The topological polar surface area (TPSA) is 132 Å². The van der Waals surface area contributed by atoms with Crippen molar-refractivity contribution in [3.05, 3.63) is 65.2 Å².